The molecular weight excluding hydrogens is 216 g/mol. The Hall–Kier alpha value is -0.670. The van der Waals surface area contributed by atoms with Crippen molar-refractivity contribution in [2.45, 2.75) is 27.2 Å². The zero-order valence-corrected chi connectivity index (χ0v) is 11.3. The molecule has 0 radical (unpaired) electrons. The molecule has 0 spiro atoms. The van der Waals surface area contributed by atoms with Gasteiger partial charge in [-0.2, -0.15) is 0 Å². The Kier molecular flexibility index (Phi) is 5.16. The molecule has 0 amide bonds. The van der Waals surface area contributed by atoms with E-state index in [2.05, 4.69) is 37.7 Å². The molecule has 90 valence electrons. The standard InChI is InChI=1S/C13H22N2S/c1-5-13(4,10-14-9-11(2)3)8-12-15-6-7-16-12/h5-7,11,14H,1,8-10H2,2-4H3. The Balaban J connectivity index is 2.46. The van der Waals surface area contributed by atoms with Crippen molar-refractivity contribution in [1.82, 2.24) is 10.3 Å². The average molecular weight is 238 g/mol. The minimum Gasteiger partial charge on any atom is -0.316 e. The van der Waals surface area contributed by atoms with Gasteiger partial charge in [0.05, 0.1) is 5.01 Å². The number of hydrogen-bond donors (Lipinski definition) is 1. The Morgan fingerprint density at radius 1 is 1.62 bits per heavy atom. The highest BCUT2D eigenvalue weighted by atomic mass is 32.1. The van der Waals surface area contributed by atoms with E-state index in [1.165, 1.54) is 5.01 Å². The van der Waals surface area contributed by atoms with Gasteiger partial charge >= 0.3 is 0 Å². The number of aromatic nitrogens is 1. The van der Waals surface area contributed by atoms with E-state index in [4.69, 9.17) is 0 Å². The quantitative estimate of drug-likeness (QED) is 0.738. The van der Waals surface area contributed by atoms with Crippen molar-refractivity contribution in [2.75, 3.05) is 13.1 Å². The summed E-state index contributed by atoms with van der Waals surface area (Å²) in [6, 6.07) is 0. The zero-order valence-electron chi connectivity index (χ0n) is 10.5. The zero-order chi connectivity index (χ0) is 12.0. The van der Waals surface area contributed by atoms with E-state index in [1.807, 2.05) is 17.7 Å². The average Bonchev–Trinajstić information content (AvgIpc) is 2.69. The van der Waals surface area contributed by atoms with Gasteiger partial charge in [0.1, 0.15) is 0 Å². The van der Waals surface area contributed by atoms with Crippen molar-refractivity contribution in [3.05, 3.63) is 29.2 Å². The van der Waals surface area contributed by atoms with Crippen LogP contribution in [-0.2, 0) is 6.42 Å². The Morgan fingerprint density at radius 2 is 2.38 bits per heavy atom. The maximum Gasteiger partial charge on any atom is 0.0933 e. The molecule has 1 atom stereocenters. The molecule has 0 saturated carbocycles. The molecule has 0 saturated heterocycles. The monoisotopic (exact) mass is 238 g/mol. The molecule has 3 heteroatoms. The van der Waals surface area contributed by atoms with Crippen LogP contribution < -0.4 is 5.32 Å². The first-order valence-corrected chi connectivity index (χ1v) is 6.66. The molecule has 1 heterocycles. The molecule has 1 aromatic rings. The molecule has 0 fully saturated rings. The Labute approximate surface area is 103 Å². The van der Waals surface area contributed by atoms with Gasteiger partial charge in [-0.05, 0) is 12.5 Å². The van der Waals surface area contributed by atoms with Crippen molar-refractivity contribution in [3.8, 4) is 0 Å². The van der Waals surface area contributed by atoms with Crippen LogP contribution in [0.4, 0.5) is 0 Å². The van der Waals surface area contributed by atoms with E-state index in [0.717, 1.165) is 19.5 Å². The molecule has 16 heavy (non-hydrogen) atoms. The third kappa shape index (κ3) is 4.45. The second kappa shape index (κ2) is 6.16. The van der Waals surface area contributed by atoms with Crippen LogP contribution in [0, 0.1) is 11.3 Å². The largest absolute Gasteiger partial charge is 0.316 e. The third-order valence-corrected chi connectivity index (χ3v) is 3.39. The van der Waals surface area contributed by atoms with Crippen molar-refractivity contribution < 1.29 is 0 Å². The van der Waals surface area contributed by atoms with E-state index >= 15 is 0 Å². The van der Waals surface area contributed by atoms with E-state index in [9.17, 15) is 0 Å². The second-order valence-corrected chi connectivity index (χ2v) is 5.96. The van der Waals surface area contributed by atoms with Crippen molar-refractivity contribution in [1.29, 1.82) is 0 Å². The van der Waals surface area contributed by atoms with Gasteiger partial charge in [-0.15, -0.1) is 17.9 Å². The van der Waals surface area contributed by atoms with E-state index in [-0.39, 0.29) is 5.41 Å². The normalized spacial score (nSPS) is 15.0. The topological polar surface area (TPSA) is 24.9 Å². The lowest BCUT2D eigenvalue weighted by Crippen LogP contribution is -2.34. The Morgan fingerprint density at radius 3 is 2.88 bits per heavy atom. The van der Waals surface area contributed by atoms with E-state index in [1.54, 1.807) is 11.3 Å². The van der Waals surface area contributed by atoms with Crippen LogP contribution in [0.25, 0.3) is 0 Å². The van der Waals surface area contributed by atoms with Crippen LogP contribution >= 0.6 is 11.3 Å². The van der Waals surface area contributed by atoms with Crippen molar-refractivity contribution in [3.63, 3.8) is 0 Å². The summed E-state index contributed by atoms with van der Waals surface area (Å²) in [7, 11) is 0. The molecule has 0 aliphatic rings. The SMILES string of the molecule is C=CC(C)(CNCC(C)C)Cc1nccs1. The van der Waals surface area contributed by atoms with Crippen LogP contribution in [0.3, 0.4) is 0 Å². The molecule has 1 unspecified atom stereocenters. The molecule has 1 aromatic heterocycles. The predicted octanol–water partition coefficient (Wildman–Crippen LogP) is 3.12. The maximum absolute atomic E-state index is 4.34. The van der Waals surface area contributed by atoms with Gasteiger partial charge in [-0.25, -0.2) is 4.98 Å². The first-order valence-electron chi connectivity index (χ1n) is 5.78. The summed E-state index contributed by atoms with van der Waals surface area (Å²) >= 11 is 1.72. The first kappa shape index (κ1) is 13.4. The van der Waals surface area contributed by atoms with Gasteiger partial charge in [-0.1, -0.05) is 26.8 Å². The predicted molar refractivity (Wildman–Crippen MR) is 71.8 cm³/mol. The highest BCUT2D eigenvalue weighted by Crippen LogP contribution is 2.24. The first-order chi connectivity index (χ1) is 7.56. The number of nitrogens with one attached hydrogen (secondary N) is 1. The molecule has 0 aliphatic heterocycles. The lowest BCUT2D eigenvalue weighted by Gasteiger charge is -2.25. The third-order valence-electron chi connectivity index (χ3n) is 2.61. The van der Waals surface area contributed by atoms with Crippen molar-refractivity contribution >= 4 is 11.3 Å². The molecule has 0 aromatic carbocycles. The highest BCUT2D eigenvalue weighted by Gasteiger charge is 2.21. The van der Waals surface area contributed by atoms with Gasteiger partial charge in [0.25, 0.3) is 0 Å². The number of nitrogens with zero attached hydrogens (tertiary/aromatic N) is 1. The lowest BCUT2D eigenvalue weighted by atomic mass is 9.87. The van der Waals surface area contributed by atoms with E-state index in [0.29, 0.717) is 5.92 Å². The summed E-state index contributed by atoms with van der Waals surface area (Å²) in [4.78, 5) is 4.34. The lowest BCUT2D eigenvalue weighted by molar-refractivity contribution is 0.377. The fourth-order valence-electron chi connectivity index (χ4n) is 1.54. The summed E-state index contributed by atoms with van der Waals surface area (Å²) in [5, 5.41) is 6.71. The molecule has 0 bridgehead atoms. The summed E-state index contributed by atoms with van der Waals surface area (Å²) in [5.74, 6) is 0.689. The smallest absolute Gasteiger partial charge is 0.0933 e. The number of rotatable bonds is 7. The molecule has 2 nitrogen and oxygen atoms in total. The van der Waals surface area contributed by atoms with Crippen LogP contribution in [0.2, 0.25) is 0 Å². The van der Waals surface area contributed by atoms with Gasteiger partial charge < -0.3 is 5.32 Å². The summed E-state index contributed by atoms with van der Waals surface area (Å²) in [6.07, 6.45) is 4.88. The van der Waals surface area contributed by atoms with Gasteiger partial charge in [-0.3, -0.25) is 0 Å². The minimum absolute atomic E-state index is 0.104. The number of hydrogen-bond acceptors (Lipinski definition) is 3. The molecule has 1 N–H and O–H groups in total. The fourth-order valence-corrected chi connectivity index (χ4v) is 2.35. The highest BCUT2D eigenvalue weighted by molar-refractivity contribution is 7.09. The summed E-state index contributed by atoms with van der Waals surface area (Å²) < 4.78 is 0. The van der Waals surface area contributed by atoms with Crippen LogP contribution in [0.5, 0.6) is 0 Å². The molecular formula is C13H22N2S. The second-order valence-electron chi connectivity index (χ2n) is 4.99. The van der Waals surface area contributed by atoms with Gasteiger partial charge in [0.2, 0.25) is 0 Å². The minimum atomic E-state index is 0.104. The summed E-state index contributed by atoms with van der Waals surface area (Å²) in [5.41, 5.74) is 0.104. The fraction of sp³-hybridized carbons (Fsp3) is 0.615. The van der Waals surface area contributed by atoms with Gasteiger partial charge in [0, 0.05) is 30.0 Å². The van der Waals surface area contributed by atoms with Crippen molar-refractivity contribution in [2.24, 2.45) is 11.3 Å². The molecule has 0 aliphatic carbocycles. The van der Waals surface area contributed by atoms with E-state index < -0.39 is 0 Å². The summed E-state index contributed by atoms with van der Waals surface area (Å²) in [6.45, 7) is 12.6. The number of thiazole rings is 1. The maximum atomic E-state index is 4.34. The van der Waals surface area contributed by atoms with Crippen LogP contribution in [0.15, 0.2) is 24.2 Å². The molecule has 1 rings (SSSR count). The van der Waals surface area contributed by atoms with Gasteiger partial charge in [0.15, 0.2) is 0 Å². The Bertz CT molecular complexity index is 306. The van der Waals surface area contributed by atoms with Crippen LogP contribution in [0.1, 0.15) is 25.8 Å². The van der Waals surface area contributed by atoms with Crippen LogP contribution in [-0.4, -0.2) is 18.1 Å².